The summed E-state index contributed by atoms with van der Waals surface area (Å²) in [5.41, 5.74) is 0. The third-order valence-electron chi connectivity index (χ3n) is 2.81. The molecule has 1 heterocycles. The Morgan fingerprint density at radius 1 is 1.54 bits per heavy atom. The van der Waals surface area contributed by atoms with E-state index in [4.69, 9.17) is 0 Å². The molecule has 1 amide bonds. The number of hydrogen-bond acceptors (Lipinski definition) is 2. The number of likely N-dealkylation sites (tertiary alicyclic amines) is 1. The second-order valence-corrected chi connectivity index (χ2v) is 3.74. The Morgan fingerprint density at radius 2 is 2.15 bits per heavy atom. The highest BCUT2D eigenvalue weighted by molar-refractivity contribution is 5.79. The molecule has 0 radical (unpaired) electrons. The minimum atomic E-state index is -0.293. The number of carbonyl (C=O) groups is 1. The van der Waals surface area contributed by atoms with Crippen LogP contribution in [0.2, 0.25) is 0 Å². The summed E-state index contributed by atoms with van der Waals surface area (Å²) in [5, 5.41) is 9.28. The van der Waals surface area contributed by atoms with Crippen LogP contribution in [0.15, 0.2) is 0 Å². The number of hydrogen-bond donors (Lipinski definition) is 1. The van der Waals surface area contributed by atoms with E-state index in [0.717, 1.165) is 25.8 Å². The van der Waals surface area contributed by atoms with E-state index in [1.165, 1.54) is 0 Å². The molecule has 0 aromatic rings. The van der Waals surface area contributed by atoms with Crippen molar-refractivity contribution >= 4 is 5.91 Å². The molecule has 0 saturated carbocycles. The van der Waals surface area contributed by atoms with E-state index in [9.17, 15) is 9.90 Å². The summed E-state index contributed by atoms with van der Waals surface area (Å²) in [6.07, 6.45) is 2.26. The van der Waals surface area contributed by atoms with E-state index in [1.807, 2.05) is 13.8 Å². The first-order valence-corrected chi connectivity index (χ1v) is 5.15. The average Bonchev–Trinajstić information content (AvgIpc) is 2.54. The lowest BCUT2D eigenvalue weighted by Gasteiger charge is -2.21. The Kier molecular flexibility index (Phi) is 3.72. The summed E-state index contributed by atoms with van der Waals surface area (Å²) in [5.74, 6) is 0.381. The summed E-state index contributed by atoms with van der Waals surface area (Å²) in [7, 11) is 0. The SMILES string of the molecule is CCC(CC)C(=O)N1CC[C@H](O)C1. The van der Waals surface area contributed by atoms with Crippen LogP contribution in [0.4, 0.5) is 0 Å². The summed E-state index contributed by atoms with van der Waals surface area (Å²) < 4.78 is 0. The second kappa shape index (κ2) is 4.61. The molecule has 3 nitrogen and oxygen atoms in total. The lowest BCUT2D eigenvalue weighted by atomic mass is 10.0. The average molecular weight is 185 g/mol. The number of rotatable bonds is 3. The molecule has 0 spiro atoms. The van der Waals surface area contributed by atoms with Gasteiger partial charge in [0.1, 0.15) is 0 Å². The minimum Gasteiger partial charge on any atom is -0.391 e. The third kappa shape index (κ3) is 2.44. The van der Waals surface area contributed by atoms with E-state index in [1.54, 1.807) is 4.90 Å². The number of carbonyl (C=O) groups excluding carboxylic acids is 1. The molecule has 0 aromatic carbocycles. The molecule has 13 heavy (non-hydrogen) atoms. The van der Waals surface area contributed by atoms with Gasteiger partial charge >= 0.3 is 0 Å². The zero-order valence-electron chi connectivity index (χ0n) is 8.49. The monoisotopic (exact) mass is 185 g/mol. The fraction of sp³-hybridized carbons (Fsp3) is 0.900. The maximum absolute atomic E-state index is 11.8. The maximum atomic E-state index is 11.8. The second-order valence-electron chi connectivity index (χ2n) is 3.74. The Hall–Kier alpha value is -0.570. The van der Waals surface area contributed by atoms with Gasteiger partial charge in [0.25, 0.3) is 0 Å². The predicted molar refractivity (Wildman–Crippen MR) is 51.3 cm³/mol. The lowest BCUT2D eigenvalue weighted by Crippen LogP contribution is -2.34. The van der Waals surface area contributed by atoms with Gasteiger partial charge < -0.3 is 10.0 Å². The van der Waals surface area contributed by atoms with Gasteiger partial charge in [0.05, 0.1) is 6.10 Å². The van der Waals surface area contributed by atoms with Gasteiger partial charge in [-0.1, -0.05) is 13.8 Å². The highest BCUT2D eigenvalue weighted by Crippen LogP contribution is 2.16. The zero-order chi connectivity index (χ0) is 9.84. The molecule has 0 bridgehead atoms. The number of amides is 1. The van der Waals surface area contributed by atoms with Gasteiger partial charge in [0.15, 0.2) is 0 Å². The van der Waals surface area contributed by atoms with Gasteiger partial charge in [-0.25, -0.2) is 0 Å². The van der Waals surface area contributed by atoms with Crippen LogP contribution in [-0.2, 0) is 4.79 Å². The summed E-state index contributed by atoms with van der Waals surface area (Å²) >= 11 is 0. The van der Waals surface area contributed by atoms with Crippen molar-refractivity contribution in [3.05, 3.63) is 0 Å². The highest BCUT2D eigenvalue weighted by Gasteiger charge is 2.27. The first-order chi connectivity index (χ1) is 6.19. The van der Waals surface area contributed by atoms with Crippen LogP contribution in [0.25, 0.3) is 0 Å². The Balaban J connectivity index is 2.47. The largest absolute Gasteiger partial charge is 0.391 e. The molecular weight excluding hydrogens is 166 g/mol. The van der Waals surface area contributed by atoms with Crippen LogP contribution in [0.3, 0.4) is 0 Å². The van der Waals surface area contributed by atoms with Crippen LogP contribution in [0, 0.1) is 5.92 Å². The quantitative estimate of drug-likeness (QED) is 0.713. The van der Waals surface area contributed by atoms with Gasteiger partial charge in [0, 0.05) is 19.0 Å². The summed E-state index contributed by atoms with van der Waals surface area (Å²) in [6, 6.07) is 0. The van der Waals surface area contributed by atoms with Crippen LogP contribution in [0.5, 0.6) is 0 Å². The van der Waals surface area contributed by atoms with Crippen molar-refractivity contribution in [2.75, 3.05) is 13.1 Å². The fourth-order valence-electron chi connectivity index (χ4n) is 1.84. The van der Waals surface area contributed by atoms with Crippen molar-refractivity contribution in [2.24, 2.45) is 5.92 Å². The summed E-state index contributed by atoms with van der Waals surface area (Å²) in [6.45, 7) is 5.35. The van der Waals surface area contributed by atoms with Crippen LogP contribution in [-0.4, -0.2) is 35.1 Å². The minimum absolute atomic E-state index is 0.158. The third-order valence-corrected chi connectivity index (χ3v) is 2.81. The molecule has 1 N–H and O–H groups in total. The maximum Gasteiger partial charge on any atom is 0.225 e. The molecule has 1 fully saturated rings. The van der Waals surface area contributed by atoms with Gasteiger partial charge in [-0.05, 0) is 19.3 Å². The Morgan fingerprint density at radius 3 is 2.54 bits per heavy atom. The van der Waals surface area contributed by atoms with Crippen molar-refractivity contribution in [2.45, 2.75) is 39.2 Å². The van der Waals surface area contributed by atoms with E-state index in [2.05, 4.69) is 0 Å². The highest BCUT2D eigenvalue weighted by atomic mass is 16.3. The van der Waals surface area contributed by atoms with Crippen molar-refractivity contribution in [1.82, 2.24) is 4.90 Å². The molecule has 0 aliphatic carbocycles. The number of nitrogens with zero attached hydrogens (tertiary/aromatic N) is 1. The fourth-order valence-corrected chi connectivity index (χ4v) is 1.84. The number of aliphatic hydroxyl groups excluding tert-OH is 1. The standard InChI is InChI=1S/C10H19NO2/c1-3-8(4-2)10(13)11-6-5-9(12)7-11/h8-9,12H,3-7H2,1-2H3/t9-/m0/s1. The molecule has 76 valence electrons. The number of aliphatic hydroxyl groups is 1. The Labute approximate surface area is 79.7 Å². The predicted octanol–water partition coefficient (Wildman–Crippen LogP) is 1.02. The van der Waals surface area contributed by atoms with Crippen LogP contribution >= 0.6 is 0 Å². The summed E-state index contributed by atoms with van der Waals surface area (Å²) in [4.78, 5) is 13.6. The molecule has 0 unspecified atom stereocenters. The van der Waals surface area contributed by atoms with E-state index >= 15 is 0 Å². The van der Waals surface area contributed by atoms with Crippen molar-refractivity contribution in [3.8, 4) is 0 Å². The molecule has 3 heteroatoms. The van der Waals surface area contributed by atoms with E-state index in [-0.39, 0.29) is 17.9 Å². The van der Waals surface area contributed by atoms with E-state index < -0.39 is 0 Å². The van der Waals surface area contributed by atoms with Crippen LogP contribution in [0.1, 0.15) is 33.1 Å². The van der Waals surface area contributed by atoms with Crippen LogP contribution < -0.4 is 0 Å². The van der Waals surface area contributed by atoms with Crippen molar-refractivity contribution in [1.29, 1.82) is 0 Å². The first-order valence-electron chi connectivity index (χ1n) is 5.15. The van der Waals surface area contributed by atoms with E-state index in [0.29, 0.717) is 6.54 Å². The van der Waals surface area contributed by atoms with Gasteiger partial charge in [-0.15, -0.1) is 0 Å². The molecule has 1 atom stereocenters. The lowest BCUT2D eigenvalue weighted by molar-refractivity contribution is -0.135. The molecule has 1 saturated heterocycles. The normalized spacial score (nSPS) is 22.8. The Bertz CT molecular complexity index is 178. The number of β-amino-alcohol motifs (C(OH)–C–C–N with tert-alkyl or cyclic N) is 1. The first kappa shape index (κ1) is 10.5. The molecule has 1 aliphatic heterocycles. The molecule has 0 aromatic heterocycles. The van der Waals surface area contributed by atoms with Crippen molar-refractivity contribution in [3.63, 3.8) is 0 Å². The van der Waals surface area contributed by atoms with Crippen molar-refractivity contribution < 1.29 is 9.90 Å². The van der Waals surface area contributed by atoms with Gasteiger partial charge in [0.2, 0.25) is 5.91 Å². The zero-order valence-corrected chi connectivity index (χ0v) is 8.49. The van der Waals surface area contributed by atoms with Gasteiger partial charge in [-0.3, -0.25) is 4.79 Å². The smallest absolute Gasteiger partial charge is 0.225 e. The molecule has 1 aliphatic rings. The molecular formula is C10H19NO2. The molecule has 1 rings (SSSR count). The topological polar surface area (TPSA) is 40.5 Å². The van der Waals surface area contributed by atoms with Gasteiger partial charge in [-0.2, -0.15) is 0 Å².